The summed E-state index contributed by atoms with van der Waals surface area (Å²) in [6, 6.07) is 12.1. The lowest BCUT2D eigenvalue weighted by atomic mass is 10.2. The first-order valence-corrected chi connectivity index (χ1v) is 8.78. The molecule has 8 nitrogen and oxygen atoms in total. The number of carbonyl (C=O) groups is 2. The van der Waals surface area contributed by atoms with Crippen molar-refractivity contribution in [3.8, 4) is 17.2 Å². The molecule has 0 bridgehead atoms. The zero-order chi connectivity index (χ0) is 20.1. The summed E-state index contributed by atoms with van der Waals surface area (Å²) in [6.07, 6.45) is 0. The van der Waals surface area contributed by atoms with Crippen LogP contribution in [0.4, 0.5) is 16.2 Å². The van der Waals surface area contributed by atoms with Gasteiger partial charge in [-0.25, -0.2) is 4.79 Å². The molecule has 1 aliphatic heterocycles. The van der Waals surface area contributed by atoms with Crippen LogP contribution in [0.5, 0.6) is 17.2 Å². The van der Waals surface area contributed by atoms with Crippen LogP contribution in [0.3, 0.4) is 0 Å². The first kappa shape index (κ1) is 19.3. The van der Waals surface area contributed by atoms with Gasteiger partial charge in [-0.3, -0.25) is 9.69 Å². The Balaban J connectivity index is 1.62. The number of urea groups is 1. The quantitative estimate of drug-likeness (QED) is 0.792. The van der Waals surface area contributed by atoms with Gasteiger partial charge in [-0.1, -0.05) is 0 Å². The molecular weight excluding hydrogens is 362 g/mol. The lowest BCUT2D eigenvalue weighted by Crippen LogP contribution is -2.37. The van der Waals surface area contributed by atoms with E-state index in [2.05, 4.69) is 5.32 Å². The Morgan fingerprint density at radius 3 is 2.29 bits per heavy atom. The third-order valence-electron chi connectivity index (χ3n) is 4.50. The van der Waals surface area contributed by atoms with E-state index in [0.29, 0.717) is 30.3 Å². The second-order valence-electron chi connectivity index (χ2n) is 6.17. The van der Waals surface area contributed by atoms with Crippen LogP contribution in [-0.2, 0) is 4.79 Å². The molecule has 3 rings (SSSR count). The van der Waals surface area contributed by atoms with Gasteiger partial charge in [0.05, 0.1) is 27.0 Å². The summed E-state index contributed by atoms with van der Waals surface area (Å²) in [6.45, 7) is 0.947. The summed E-state index contributed by atoms with van der Waals surface area (Å²) in [7, 11) is 4.66. The molecule has 1 fully saturated rings. The van der Waals surface area contributed by atoms with Crippen molar-refractivity contribution in [3.63, 3.8) is 0 Å². The van der Waals surface area contributed by atoms with Gasteiger partial charge in [-0.2, -0.15) is 0 Å². The van der Waals surface area contributed by atoms with Crippen molar-refractivity contribution >= 4 is 23.3 Å². The molecule has 1 aliphatic rings. The number of nitrogens with one attached hydrogen (secondary N) is 1. The van der Waals surface area contributed by atoms with E-state index in [-0.39, 0.29) is 18.5 Å². The lowest BCUT2D eigenvalue weighted by Gasteiger charge is -2.19. The minimum atomic E-state index is -0.298. The Morgan fingerprint density at radius 1 is 0.964 bits per heavy atom. The summed E-state index contributed by atoms with van der Waals surface area (Å²) in [5, 5.41) is 2.78. The highest BCUT2D eigenvalue weighted by molar-refractivity contribution is 5.99. The number of anilines is 2. The van der Waals surface area contributed by atoms with Crippen LogP contribution in [0.15, 0.2) is 42.5 Å². The van der Waals surface area contributed by atoms with E-state index < -0.39 is 0 Å². The fourth-order valence-electron chi connectivity index (χ4n) is 3.00. The van der Waals surface area contributed by atoms with Crippen molar-refractivity contribution < 1.29 is 23.8 Å². The van der Waals surface area contributed by atoms with Crippen LogP contribution in [-0.4, -0.2) is 57.8 Å². The number of methoxy groups -OCH3 is 3. The first-order chi connectivity index (χ1) is 13.5. The van der Waals surface area contributed by atoms with E-state index in [0.717, 1.165) is 11.4 Å². The topological polar surface area (TPSA) is 80.3 Å². The Labute approximate surface area is 163 Å². The summed E-state index contributed by atoms with van der Waals surface area (Å²) >= 11 is 0. The van der Waals surface area contributed by atoms with Gasteiger partial charge in [0.2, 0.25) is 5.91 Å². The molecule has 1 N–H and O–H groups in total. The molecule has 0 atom stereocenters. The number of rotatable bonds is 7. The molecule has 0 aliphatic carbocycles. The fourth-order valence-corrected chi connectivity index (χ4v) is 3.00. The fraction of sp³-hybridized carbons (Fsp3) is 0.300. The van der Waals surface area contributed by atoms with Gasteiger partial charge in [0.15, 0.2) is 0 Å². The van der Waals surface area contributed by atoms with Gasteiger partial charge in [-0.05, 0) is 36.4 Å². The van der Waals surface area contributed by atoms with Crippen molar-refractivity contribution in [2.24, 2.45) is 0 Å². The standard InChI is InChI=1S/C20H23N3O5/c1-26-15-6-4-14(5-7-15)23-11-10-22(20(23)25)13-19(24)21-17-9-8-16(27-2)12-18(17)28-3/h4-9,12H,10-11,13H2,1-3H3,(H,21,24). The summed E-state index contributed by atoms with van der Waals surface area (Å²) in [4.78, 5) is 28.2. The normalized spacial score (nSPS) is 13.5. The minimum Gasteiger partial charge on any atom is -0.497 e. The number of amides is 3. The molecule has 28 heavy (non-hydrogen) atoms. The van der Waals surface area contributed by atoms with E-state index >= 15 is 0 Å². The van der Waals surface area contributed by atoms with Crippen molar-refractivity contribution in [1.29, 1.82) is 0 Å². The number of hydrogen-bond acceptors (Lipinski definition) is 5. The van der Waals surface area contributed by atoms with Crippen LogP contribution in [0.25, 0.3) is 0 Å². The molecule has 0 radical (unpaired) electrons. The minimum absolute atomic E-state index is 0.0410. The van der Waals surface area contributed by atoms with Crippen LogP contribution in [0.1, 0.15) is 0 Å². The highest BCUT2D eigenvalue weighted by Crippen LogP contribution is 2.29. The Morgan fingerprint density at radius 2 is 1.64 bits per heavy atom. The average molecular weight is 385 g/mol. The SMILES string of the molecule is COc1ccc(N2CCN(CC(=O)Nc3ccc(OC)cc3OC)C2=O)cc1. The Hall–Kier alpha value is -3.42. The van der Waals surface area contributed by atoms with Gasteiger partial charge >= 0.3 is 6.03 Å². The summed E-state index contributed by atoms with van der Waals surface area (Å²) in [5.74, 6) is 1.54. The van der Waals surface area contributed by atoms with Crippen molar-refractivity contribution in [1.82, 2.24) is 4.90 Å². The number of nitrogens with zero attached hydrogens (tertiary/aromatic N) is 2. The van der Waals surface area contributed by atoms with E-state index in [1.54, 1.807) is 49.5 Å². The highest BCUT2D eigenvalue weighted by Gasteiger charge is 2.31. The van der Waals surface area contributed by atoms with Crippen LogP contribution < -0.4 is 24.4 Å². The average Bonchev–Trinajstić information content (AvgIpc) is 3.08. The molecule has 0 spiro atoms. The summed E-state index contributed by atoms with van der Waals surface area (Å²) < 4.78 is 15.6. The van der Waals surface area contributed by atoms with Gasteiger partial charge in [0.1, 0.15) is 23.8 Å². The molecule has 148 valence electrons. The van der Waals surface area contributed by atoms with Crippen molar-refractivity contribution in [3.05, 3.63) is 42.5 Å². The smallest absolute Gasteiger partial charge is 0.325 e. The summed E-state index contributed by atoms with van der Waals surface area (Å²) in [5.41, 5.74) is 1.29. The van der Waals surface area contributed by atoms with E-state index in [1.165, 1.54) is 12.0 Å². The maximum atomic E-state index is 12.7. The third-order valence-corrected chi connectivity index (χ3v) is 4.50. The molecule has 1 heterocycles. The van der Waals surface area contributed by atoms with Crippen LogP contribution in [0.2, 0.25) is 0 Å². The second kappa shape index (κ2) is 8.51. The van der Waals surface area contributed by atoms with Crippen molar-refractivity contribution in [2.45, 2.75) is 0 Å². The molecule has 2 aromatic rings. The van der Waals surface area contributed by atoms with E-state index in [4.69, 9.17) is 14.2 Å². The zero-order valence-corrected chi connectivity index (χ0v) is 16.1. The van der Waals surface area contributed by atoms with E-state index in [1.807, 2.05) is 12.1 Å². The van der Waals surface area contributed by atoms with Crippen molar-refractivity contribution in [2.75, 3.05) is 51.2 Å². The van der Waals surface area contributed by atoms with Gasteiger partial charge in [-0.15, -0.1) is 0 Å². The maximum Gasteiger partial charge on any atom is 0.325 e. The number of benzene rings is 2. The van der Waals surface area contributed by atoms with Crippen LogP contribution in [0, 0.1) is 0 Å². The van der Waals surface area contributed by atoms with Gasteiger partial charge in [0.25, 0.3) is 0 Å². The second-order valence-corrected chi connectivity index (χ2v) is 6.17. The molecular formula is C20H23N3O5. The largest absolute Gasteiger partial charge is 0.497 e. The van der Waals surface area contributed by atoms with E-state index in [9.17, 15) is 9.59 Å². The molecule has 3 amide bonds. The Kier molecular flexibility index (Phi) is 5.88. The number of hydrogen-bond donors (Lipinski definition) is 1. The van der Waals surface area contributed by atoms with Crippen LogP contribution >= 0.6 is 0 Å². The zero-order valence-electron chi connectivity index (χ0n) is 16.1. The Bertz CT molecular complexity index is 853. The predicted molar refractivity (Wildman–Crippen MR) is 105 cm³/mol. The lowest BCUT2D eigenvalue weighted by molar-refractivity contribution is -0.116. The monoisotopic (exact) mass is 385 g/mol. The third kappa shape index (κ3) is 4.11. The highest BCUT2D eigenvalue weighted by atomic mass is 16.5. The molecule has 0 saturated carbocycles. The maximum absolute atomic E-state index is 12.7. The van der Waals surface area contributed by atoms with Gasteiger partial charge in [0, 0.05) is 24.8 Å². The molecule has 2 aromatic carbocycles. The predicted octanol–water partition coefficient (Wildman–Crippen LogP) is 2.59. The molecule has 0 aromatic heterocycles. The first-order valence-electron chi connectivity index (χ1n) is 8.78. The molecule has 0 unspecified atom stereocenters. The number of carbonyl (C=O) groups excluding carboxylic acids is 2. The molecule has 8 heteroatoms. The molecule has 1 saturated heterocycles. The number of ether oxygens (including phenoxy) is 3. The van der Waals surface area contributed by atoms with Gasteiger partial charge < -0.3 is 24.4 Å².